The van der Waals surface area contributed by atoms with Gasteiger partial charge in [-0.1, -0.05) is 20.8 Å². The van der Waals surface area contributed by atoms with E-state index in [2.05, 4.69) is 25.7 Å². The van der Waals surface area contributed by atoms with Crippen LogP contribution in [0.2, 0.25) is 0 Å². The van der Waals surface area contributed by atoms with E-state index in [0.717, 1.165) is 11.8 Å². The highest BCUT2D eigenvalue weighted by atomic mass is 15.2. The van der Waals surface area contributed by atoms with Crippen molar-refractivity contribution in [1.29, 1.82) is 0 Å². The van der Waals surface area contributed by atoms with Crippen molar-refractivity contribution < 1.29 is 0 Å². The maximum Gasteiger partial charge on any atom is 0.00356 e. The highest BCUT2D eigenvalue weighted by molar-refractivity contribution is 4.93. The number of hydrogen-bond acceptors (Lipinski definition) is 1. The van der Waals surface area contributed by atoms with Crippen LogP contribution in [-0.2, 0) is 0 Å². The Kier molecular flexibility index (Phi) is 1.95. The monoisotopic (exact) mass is 167 g/mol. The molecule has 0 aromatic carbocycles. The van der Waals surface area contributed by atoms with Crippen molar-refractivity contribution >= 4 is 0 Å². The van der Waals surface area contributed by atoms with E-state index in [1.165, 1.54) is 32.5 Å². The first kappa shape index (κ1) is 8.55. The molecule has 1 aliphatic carbocycles. The van der Waals surface area contributed by atoms with Crippen LogP contribution in [0.15, 0.2) is 0 Å². The molecule has 12 heavy (non-hydrogen) atoms. The van der Waals surface area contributed by atoms with Crippen LogP contribution in [-0.4, -0.2) is 24.5 Å². The molecule has 2 fully saturated rings. The number of nitrogens with zero attached hydrogens (tertiary/aromatic N) is 1. The molecule has 1 heteroatoms. The summed E-state index contributed by atoms with van der Waals surface area (Å²) >= 11 is 0. The van der Waals surface area contributed by atoms with E-state index in [-0.39, 0.29) is 0 Å². The normalized spacial score (nSPS) is 40.2. The lowest BCUT2D eigenvalue weighted by Crippen LogP contribution is -2.27. The van der Waals surface area contributed by atoms with Crippen molar-refractivity contribution in [2.24, 2.45) is 17.3 Å². The molecular formula is C11H21N. The van der Waals surface area contributed by atoms with Gasteiger partial charge < -0.3 is 4.90 Å². The zero-order valence-electron chi connectivity index (χ0n) is 8.64. The summed E-state index contributed by atoms with van der Waals surface area (Å²) in [6, 6.07) is 0. The average molecular weight is 167 g/mol. The van der Waals surface area contributed by atoms with E-state index in [1.807, 2.05) is 0 Å². The fraction of sp³-hybridized carbons (Fsp3) is 1.00. The van der Waals surface area contributed by atoms with Gasteiger partial charge in [-0.25, -0.2) is 0 Å². The Labute approximate surface area is 76.1 Å². The number of likely N-dealkylation sites (tertiary alicyclic amines) is 1. The lowest BCUT2D eigenvalue weighted by Gasteiger charge is -2.19. The Morgan fingerprint density at radius 1 is 1.17 bits per heavy atom. The predicted octanol–water partition coefficient (Wildman–Crippen LogP) is 2.37. The lowest BCUT2D eigenvalue weighted by molar-refractivity contribution is 0.266. The van der Waals surface area contributed by atoms with Crippen LogP contribution in [0.4, 0.5) is 0 Å². The smallest absolute Gasteiger partial charge is 0.00356 e. The molecule has 2 unspecified atom stereocenters. The third kappa shape index (κ3) is 1.66. The number of hydrogen-bond donors (Lipinski definition) is 0. The van der Waals surface area contributed by atoms with Gasteiger partial charge in [-0.3, -0.25) is 0 Å². The molecule has 1 nitrogen and oxygen atoms in total. The van der Waals surface area contributed by atoms with Gasteiger partial charge >= 0.3 is 0 Å². The Morgan fingerprint density at radius 2 is 1.67 bits per heavy atom. The van der Waals surface area contributed by atoms with E-state index < -0.39 is 0 Å². The fourth-order valence-corrected chi connectivity index (χ4v) is 2.29. The van der Waals surface area contributed by atoms with Crippen LogP contribution in [0.1, 0.15) is 33.6 Å². The molecular weight excluding hydrogens is 146 g/mol. The summed E-state index contributed by atoms with van der Waals surface area (Å²) in [5.41, 5.74) is 0.712. The Balaban J connectivity index is 1.83. The third-order valence-electron chi connectivity index (χ3n) is 3.77. The molecule has 0 bridgehead atoms. The molecule has 2 atom stereocenters. The maximum atomic E-state index is 2.67. The molecule has 1 saturated carbocycles. The van der Waals surface area contributed by atoms with Crippen LogP contribution in [0, 0.1) is 17.3 Å². The van der Waals surface area contributed by atoms with E-state index >= 15 is 0 Å². The van der Waals surface area contributed by atoms with Crippen molar-refractivity contribution in [1.82, 2.24) is 4.90 Å². The Morgan fingerprint density at radius 3 is 2.08 bits per heavy atom. The molecule has 2 rings (SSSR count). The van der Waals surface area contributed by atoms with Crippen molar-refractivity contribution in [3.05, 3.63) is 0 Å². The topological polar surface area (TPSA) is 3.24 Å². The van der Waals surface area contributed by atoms with Crippen molar-refractivity contribution in [2.75, 3.05) is 19.6 Å². The molecule has 0 aromatic rings. The number of rotatable bonds is 2. The second-order valence-corrected chi connectivity index (χ2v) is 5.46. The minimum atomic E-state index is 0.712. The Bertz CT molecular complexity index is 162. The molecule has 0 spiro atoms. The second kappa shape index (κ2) is 2.73. The highest BCUT2D eigenvalue weighted by Crippen LogP contribution is 2.46. The predicted molar refractivity (Wildman–Crippen MR) is 52.1 cm³/mol. The largest absolute Gasteiger partial charge is 0.302 e. The van der Waals surface area contributed by atoms with Gasteiger partial charge in [0.1, 0.15) is 0 Å². The lowest BCUT2D eigenvalue weighted by atomic mass is 10.0. The minimum Gasteiger partial charge on any atom is -0.302 e. The Hall–Kier alpha value is -0.0400. The average Bonchev–Trinajstić information content (AvgIpc) is 2.59. The van der Waals surface area contributed by atoms with Crippen LogP contribution in [0.3, 0.4) is 0 Å². The van der Waals surface area contributed by atoms with Gasteiger partial charge in [0.05, 0.1) is 0 Å². The van der Waals surface area contributed by atoms with Crippen LogP contribution in [0.5, 0.6) is 0 Å². The van der Waals surface area contributed by atoms with Crippen LogP contribution >= 0.6 is 0 Å². The fourth-order valence-electron chi connectivity index (χ4n) is 2.29. The van der Waals surface area contributed by atoms with Gasteiger partial charge in [-0.15, -0.1) is 0 Å². The molecule has 70 valence electrons. The van der Waals surface area contributed by atoms with Gasteiger partial charge in [0.25, 0.3) is 0 Å². The van der Waals surface area contributed by atoms with Gasteiger partial charge in [-0.2, -0.15) is 0 Å². The van der Waals surface area contributed by atoms with Crippen molar-refractivity contribution in [3.63, 3.8) is 0 Å². The maximum absolute atomic E-state index is 2.67. The van der Waals surface area contributed by atoms with Gasteiger partial charge in [0.15, 0.2) is 0 Å². The van der Waals surface area contributed by atoms with Gasteiger partial charge in [0.2, 0.25) is 0 Å². The summed E-state index contributed by atoms with van der Waals surface area (Å²) in [7, 11) is 0. The summed E-state index contributed by atoms with van der Waals surface area (Å²) in [5, 5.41) is 0. The van der Waals surface area contributed by atoms with E-state index in [0.29, 0.717) is 5.41 Å². The summed E-state index contributed by atoms with van der Waals surface area (Å²) in [4.78, 5) is 2.67. The quantitative estimate of drug-likeness (QED) is 0.610. The molecule has 0 radical (unpaired) electrons. The summed E-state index contributed by atoms with van der Waals surface area (Å²) in [5.74, 6) is 1.85. The first-order valence-corrected chi connectivity index (χ1v) is 5.31. The highest BCUT2D eigenvalue weighted by Gasteiger charge is 2.40. The summed E-state index contributed by atoms with van der Waals surface area (Å²) in [6.07, 6.45) is 2.93. The first-order chi connectivity index (χ1) is 5.59. The van der Waals surface area contributed by atoms with Crippen molar-refractivity contribution in [2.45, 2.75) is 33.6 Å². The molecule has 2 aliphatic rings. The molecule has 0 amide bonds. The molecule has 1 heterocycles. The van der Waals surface area contributed by atoms with Crippen LogP contribution in [0.25, 0.3) is 0 Å². The molecule has 0 aromatic heterocycles. The summed E-state index contributed by atoms with van der Waals surface area (Å²) < 4.78 is 0. The first-order valence-electron chi connectivity index (χ1n) is 5.31. The van der Waals surface area contributed by atoms with Gasteiger partial charge in [-0.05, 0) is 30.1 Å². The van der Waals surface area contributed by atoms with Crippen LogP contribution < -0.4 is 0 Å². The molecule has 1 aliphatic heterocycles. The molecule has 1 saturated heterocycles. The third-order valence-corrected chi connectivity index (χ3v) is 3.77. The van der Waals surface area contributed by atoms with E-state index in [4.69, 9.17) is 0 Å². The van der Waals surface area contributed by atoms with E-state index in [1.54, 1.807) is 0 Å². The second-order valence-electron chi connectivity index (χ2n) is 5.46. The summed E-state index contributed by atoms with van der Waals surface area (Å²) in [6.45, 7) is 11.3. The molecule has 0 N–H and O–H groups in total. The van der Waals surface area contributed by atoms with Crippen molar-refractivity contribution in [3.8, 4) is 0 Å². The standard InChI is InChI=1S/C11H21N/c1-9-6-12(7-10(9)2)8-11(3)4-5-11/h9-10H,4-8H2,1-3H3. The minimum absolute atomic E-state index is 0.712. The zero-order valence-corrected chi connectivity index (χ0v) is 8.64. The van der Waals surface area contributed by atoms with E-state index in [9.17, 15) is 0 Å². The SMILES string of the molecule is CC1CN(CC2(C)CC2)CC1C. The zero-order chi connectivity index (χ0) is 8.77. The van der Waals surface area contributed by atoms with Gasteiger partial charge in [0, 0.05) is 19.6 Å².